The Labute approximate surface area is 183 Å². The first-order chi connectivity index (χ1) is 14.8. The van der Waals surface area contributed by atoms with Gasteiger partial charge in [-0.3, -0.25) is 9.59 Å². The molecule has 2 N–H and O–H groups in total. The summed E-state index contributed by atoms with van der Waals surface area (Å²) in [4.78, 5) is 30.2. The van der Waals surface area contributed by atoms with Crippen molar-refractivity contribution in [1.82, 2.24) is 14.3 Å². The summed E-state index contributed by atoms with van der Waals surface area (Å²) in [6.07, 6.45) is 0.572. The molecule has 0 aliphatic heterocycles. The van der Waals surface area contributed by atoms with Gasteiger partial charge in [-0.25, -0.2) is 8.42 Å². The maximum absolute atomic E-state index is 13.5. The number of fused-ring (bicyclic) bond motifs is 1. The molecule has 0 saturated carbocycles. The molecule has 2 aromatic carbocycles. The Bertz CT molecular complexity index is 1440. The lowest BCUT2D eigenvalue weighted by Crippen LogP contribution is -2.32. The lowest BCUT2D eigenvalue weighted by Gasteiger charge is -2.22. The smallest absolute Gasteiger partial charge is 0.314 e. The third kappa shape index (κ3) is 4.68. The molecule has 0 radical (unpaired) electrons. The number of nitrogens with one attached hydrogen (secondary N) is 2. The van der Waals surface area contributed by atoms with Gasteiger partial charge >= 0.3 is 11.1 Å². The predicted molar refractivity (Wildman–Crippen MR) is 122 cm³/mol. The minimum Gasteiger partial charge on any atom is -0.316 e. The molecule has 7 nitrogen and oxygen atoms in total. The fourth-order valence-electron chi connectivity index (χ4n) is 3.33. The third-order valence-electron chi connectivity index (χ3n) is 4.95. The van der Waals surface area contributed by atoms with Crippen LogP contribution in [0.25, 0.3) is 11.0 Å². The Morgan fingerprint density at radius 3 is 2.29 bits per heavy atom. The summed E-state index contributed by atoms with van der Waals surface area (Å²) in [5.41, 5.74) is 0.0806. The van der Waals surface area contributed by atoms with Gasteiger partial charge < -0.3 is 9.97 Å². The molecule has 4 aromatic rings. The molecule has 0 bridgehead atoms. The topological polar surface area (TPSA) is 103 Å². The number of hydrogen-bond acceptors (Lipinski definition) is 5. The first-order valence-electron chi connectivity index (χ1n) is 9.69. The molecule has 4 rings (SSSR count). The van der Waals surface area contributed by atoms with Crippen LogP contribution < -0.4 is 11.1 Å². The van der Waals surface area contributed by atoms with Crippen LogP contribution in [0.5, 0.6) is 0 Å². The van der Waals surface area contributed by atoms with E-state index in [1.54, 1.807) is 11.3 Å². The number of nitrogens with zero attached hydrogens (tertiary/aromatic N) is 1. The molecule has 0 atom stereocenters. The first kappa shape index (κ1) is 21.2. The van der Waals surface area contributed by atoms with Gasteiger partial charge in [0.05, 0.1) is 15.9 Å². The summed E-state index contributed by atoms with van der Waals surface area (Å²) in [6.45, 7) is 2.55. The minimum atomic E-state index is -3.85. The number of aromatic nitrogens is 2. The van der Waals surface area contributed by atoms with Crippen LogP contribution in [0.2, 0.25) is 0 Å². The van der Waals surface area contributed by atoms with Crippen molar-refractivity contribution in [2.45, 2.75) is 24.8 Å². The average molecular weight is 456 g/mol. The zero-order valence-corrected chi connectivity index (χ0v) is 18.4. The maximum Gasteiger partial charge on any atom is 0.314 e. The van der Waals surface area contributed by atoms with Gasteiger partial charge in [-0.1, -0.05) is 30.3 Å². The summed E-state index contributed by atoms with van der Waals surface area (Å²) in [7, 11) is -3.85. The summed E-state index contributed by atoms with van der Waals surface area (Å²) < 4.78 is 28.5. The monoisotopic (exact) mass is 455 g/mol. The van der Waals surface area contributed by atoms with Crippen molar-refractivity contribution in [2.24, 2.45) is 0 Å². The van der Waals surface area contributed by atoms with E-state index >= 15 is 0 Å². The molecule has 0 saturated heterocycles. The van der Waals surface area contributed by atoms with Crippen LogP contribution in [0.15, 0.2) is 75.1 Å². The second-order valence-corrected chi connectivity index (χ2v) is 10.5. The highest BCUT2D eigenvalue weighted by Crippen LogP contribution is 2.24. The van der Waals surface area contributed by atoms with Crippen molar-refractivity contribution < 1.29 is 8.42 Å². The Balaban J connectivity index is 1.70. The summed E-state index contributed by atoms with van der Waals surface area (Å²) in [5, 5.41) is 0. The third-order valence-corrected chi connectivity index (χ3v) is 7.78. The average Bonchev–Trinajstić information content (AvgIpc) is 3.17. The van der Waals surface area contributed by atoms with Crippen LogP contribution >= 0.6 is 11.3 Å². The molecule has 0 aliphatic rings. The Morgan fingerprint density at radius 1 is 0.903 bits per heavy atom. The lowest BCUT2D eigenvalue weighted by molar-refractivity contribution is 0.412. The van der Waals surface area contributed by atoms with E-state index < -0.39 is 21.1 Å². The number of rotatable bonds is 7. The number of aryl methyl sites for hydroxylation is 1. The van der Waals surface area contributed by atoms with Gasteiger partial charge in [-0.2, -0.15) is 4.31 Å². The SMILES string of the molecule is Cc1ccc(CN(CCc2ccccc2)S(=O)(=O)c2ccc3[nH]c(=O)c(=O)[nH]c3c2)s1. The van der Waals surface area contributed by atoms with Gasteiger partial charge in [0.2, 0.25) is 10.0 Å². The second-order valence-electron chi connectivity index (χ2n) is 7.20. The van der Waals surface area contributed by atoms with Crippen molar-refractivity contribution in [3.05, 3.63) is 96.7 Å². The summed E-state index contributed by atoms with van der Waals surface area (Å²) in [6, 6.07) is 17.9. The summed E-state index contributed by atoms with van der Waals surface area (Å²) >= 11 is 1.56. The van der Waals surface area contributed by atoms with E-state index in [9.17, 15) is 18.0 Å². The van der Waals surface area contributed by atoms with Crippen LogP contribution in [0.3, 0.4) is 0 Å². The quantitative estimate of drug-likeness (QED) is 0.418. The van der Waals surface area contributed by atoms with E-state index in [-0.39, 0.29) is 17.0 Å². The van der Waals surface area contributed by atoms with E-state index in [1.165, 1.54) is 22.5 Å². The molecule has 160 valence electrons. The van der Waals surface area contributed by atoms with Gasteiger partial charge in [-0.15, -0.1) is 11.3 Å². The van der Waals surface area contributed by atoms with E-state index in [2.05, 4.69) is 9.97 Å². The van der Waals surface area contributed by atoms with Gasteiger partial charge in [0.25, 0.3) is 0 Å². The highest BCUT2D eigenvalue weighted by Gasteiger charge is 2.25. The number of H-pyrrole nitrogens is 2. The van der Waals surface area contributed by atoms with Crippen LogP contribution in [0.4, 0.5) is 0 Å². The molecule has 2 aromatic heterocycles. The van der Waals surface area contributed by atoms with Crippen molar-refractivity contribution in [2.75, 3.05) is 6.54 Å². The Morgan fingerprint density at radius 2 is 1.61 bits per heavy atom. The summed E-state index contributed by atoms with van der Waals surface area (Å²) in [5.74, 6) is 0. The van der Waals surface area contributed by atoms with Crippen LogP contribution in [0, 0.1) is 6.92 Å². The molecule has 0 amide bonds. The van der Waals surface area contributed by atoms with E-state index in [0.29, 0.717) is 18.5 Å². The number of thiophene rings is 1. The largest absolute Gasteiger partial charge is 0.316 e. The Kier molecular flexibility index (Phi) is 5.90. The predicted octanol–water partition coefficient (Wildman–Crippen LogP) is 3.02. The first-order valence-corrected chi connectivity index (χ1v) is 11.9. The van der Waals surface area contributed by atoms with Gasteiger partial charge in [0, 0.05) is 22.8 Å². The van der Waals surface area contributed by atoms with Crippen molar-refractivity contribution in [3.63, 3.8) is 0 Å². The zero-order valence-electron chi connectivity index (χ0n) is 16.8. The fourth-order valence-corrected chi connectivity index (χ4v) is 5.76. The van der Waals surface area contributed by atoms with Crippen LogP contribution in [0.1, 0.15) is 15.3 Å². The minimum absolute atomic E-state index is 0.0593. The van der Waals surface area contributed by atoms with Gasteiger partial charge in [0.15, 0.2) is 0 Å². The van der Waals surface area contributed by atoms with Crippen molar-refractivity contribution in [3.8, 4) is 0 Å². The standard InChI is InChI=1S/C22H21N3O4S2/c1-15-7-8-17(30-15)14-25(12-11-16-5-3-2-4-6-16)31(28,29)18-9-10-19-20(13-18)24-22(27)21(26)23-19/h2-10,13H,11-12,14H2,1H3,(H,23,26)(H,24,27). The fraction of sp³-hybridized carbons (Fsp3) is 0.182. The van der Waals surface area contributed by atoms with Crippen LogP contribution in [-0.2, 0) is 23.0 Å². The molecule has 0 spiro atoms. The van der Waals surface area contributed by atoms with Crippen molar-refractivity contribution >= 4 is 32.4 Å². The molecule has 9 heteroatoms. The lowest BCUT2D eigenvalue weighted by atomic mass is 10.1. The zero-order chi connectivity index (χ0) is 22.0. The molecule has 2 heterocycles. The molecule has 0 unspecified atom stereocenters. The number of aromatic amines is 2. The maximum atomic E-state index is 13.5. The van der Waals surface area contributed by atoms with Crippen molar-refractivity contribution in [1.29, 1.82) is 0 Å². The molecular weight excluding hydrogens is 434 g/mol. The molecule has 0 fully saturated rings. The normalized spacial score (nSPS) is 11.9. The van der Waals surface area contributed by atoms with Gasteiger partial charge in [0.1, 0.15) is 0 Å². The Hall–Kier alpha value is -3.01. The molecule has 0 aliphatic carbocycles. The van der Waals surface area contributed by atoms with Gasteiger partial charge in [-0.05, 0) is 49.2 Å². The van der Waals surface area contributed by atoms with E-state index in [0.717, 1.165) is 15.3 Å². The highest BCUT2D eigenvalue weighted by molar-refractivity contribution is 7.89. The molecular formula is C22H21N3O4S2. The van der Waals surface area contributed by atoms with E-state index in [1.807, 2.05) is 49.4 Å². The number of hydrogen-bond donors (Lipinski definition) is 2. The highest BCUT2D eigenvalue weighted by atomic mass is 32.2. The number of benzene rings is 2. The second kappa shape index (κ2) is 8.62. The van der Waals surface area contributed by atoms with Crippen LogP contribution in [-0.4, -0.2) is 29.2 Å². The molecule has 31 heavy (non-hydrogen) atoms. The van der Waals surface area contributed by atoms with E-state index in [4.69, 9.17) is 0 Å². The number of sulfonamides is 1.